The molecule has 0 saturated heterocycles. The molecule has 3 aromatic rings. The molecule has 0 atom stereocenters. The van der Waals surface area contributed by atoms with Crippen LogP contribution in [0.15, 0.2) is 72.9 Å². The maximum atomic E-state index is 12.5. The van der Waals surface area contributed by atoms with Gasteiger partial charge in [0.05, 0.1) is 11.1 Å². The second-order valence-electron chi connectivity index (χ2n) is 6.15. The molecule has 0 spiro atoms. The molecule has 2 aromatic carbocycles. The zero-order valence-corrected chi connectivity index (χ0v) is 13.8. The summed E-state index contributed by atoms with van der Waals surface area (Å²) in [6, 6.07) is 21.3. The number of aromatic nitrogens is 2. The summed E-state index contributed by atoms with van der Waals surface area (Å²) >= 11 is 0. The van der Waals surface area contributed by atoms with Gasteiger partial charge in [-0.15, -0.1) is 0 Å². The van der Waals surface area contributed by atoms with Gasteiger partial charge in [-0.05, 0) is 37.6 Å². The molecule has 0 radical (unpaired) electrons. The lowest BCUT2D eigenvalue weighted by Crippen LogP contribution is -2.31. The van der Waals surface area contributed by atoms with Gasteiger partial charge >= 0.3 is 5.97 Å². The fraction of sp³-hybridized carbons (Fsp3) is 0.200. The van der Waals surface area contributed by atoms with Gasteiger partial charge in [-0.25, -0.2) is 4.68 Å². The second-order valence-corrected chi connectivity index (χ2v) is 6.15. The minimum atomic E-state index is -0.691. The number of carbonyl (C=O) groups excluding carboxylic acids is 1. The monoisotopic (exact) mass is 320 g/mol. The number of hydrogen-bond donors (Lipinski definition) is 0. The molecule has 0 aliphatic carbocycles. The number of rotatable bonds is 5. The second kappa shape index (κ2) is 6.71. The first-order chi connectivity index (χ1) is 11.6. The predicted octanol–water partition coefficient (Wildman–Crippen LogP) is 3.89. The third kappa shape index (κ3) is 3.38. The summed E-state index contributed by atoms with van der Waals surface area (Å²) in [5.41, 5.74) is 1.93. The molecule has 0 fully saturated rings. The summed E-state index contributed by atoms with van der Waals surface area (Å²) in [6.45, 7) is 3.90. The summed E-state index contributed by atoms with van der Waals surface area (Å²) < 4.78 is 7.25. The third-order valence-electron chi connectivity index (χ3n) is 4.02. The number of para-hydroxylation sites is 1. The molecule has 0 bridgehead atoms. The van der Waals surface area contributed by atoms with E-state index in [0.29, 0.717) is 0 Å². The maximum Gasteiger partial charge on any atom is 0.316 e. The van der Waals surface area contributed by atoms with E-state index in [1.165, 1.54) is 0 Å². The first-order valence-corrected chi connectivity index (χ1v) is 7.90. The van der Waals surface area contributed by atoms with Crippen LogP contribution in [0.4, 0.5) is 0 Å². The van der Waals surface area contributed by atoms with Crippen LogP contribution in [0.25, 0.3) is 5.69 Å². The lowest BCUT2D eigenvalue weighted by molar-refractivity contribution is -0.150. The van der Waals surface area contributed by atoms with Crippen LogP contribution >= 0.6 is 0 Å². The highest BCUT2D eigenvalue weighted by Gasteiger charge is 2.31. The quantitative estimate of drug-likeness (QED) is 0.670. The van der Waals surface area contributed by atoms with Gasteiger partial charge in [0.1, 0.15) is 12.3 Å². The van der Waals surface area contributed by atoms with Gasteiger partial charge in [-0.3, -0.25) is 4.79 Å². The van der Waals surface area contributed by atoms with Gasteiger partial charge in [0, 0.05) is 6.20 Å². The molecule has 4 heteroatoms. The van der Waals surface area contributed by atoms with E-state index in [0.717, 1.165) is 16.9 Å². The number of hydrogen-bond acceptors (Lipinski definition) is 3. The van der Waals surface area contributed by atoms with Crippen molar-refractivity contribution >= 4 is 5.97 Å². The van der Waals surface area contributed by atoms with Gasteiger partial charge in [0.2, 0.25) is 0 Å². The Bertz CT molecular complexity index is 808. The molecule has 1 heterocycles. The molecule has 4 nitrogen and oxygen atoms in total. The normalized spacial score (nSPS) is 11.2. The van der Waals surface area contributed by atoms with Crippen molar-refractivity contribution in [3.63, 3.8) is 0 Å². The van der Waals surface area contributed by atoms with Crippen LogP contribution in [0.5, 0.6) is 0 Å². The number of carbonyl (C=O) groups is 1. The topological polar surface area (TPSA) is 44.1 Å². The summed E-state index contributed by atoms with van der Waals surface area (Å²) in [4.78, 5) is 12.5. The van der Waals surface area contributed by atoms with Gasteiger partial charge in [-0.2, -0.15) is 5.10 Å². The van der Waals surface area contributed by atoms with Crippen molar-refractivity contribution in [3.8, 4) is 5.69 Å². The Labute approximate surface area is 141 Å². The molecule has 3 rings (SSSR count). The van der Waals surface area contributed by atoms with Crippen LogP contribution in [0.3, 0.4) is 0 Å². The first-order valence-electron chi connectivity index (χ1n) is 7.90. The van der Waals surface area contributed by atoms with Crippen molar-refractivity contribution in [3.05, 3.63) is 84.2 Å². The van der Waals surface area contributed by atoms with Crippen molar-refractivity contribution in [1.82, 2.24) is 9.78 Å². The van der Waals surface area contributed by atoms with E-state index in [4.69, 9.17) is 4.74 Å². The van der Waals surface area contributed by atoms with Crippen molar-refractivity contribution in [2.24, 2.45) is 0 Å². The number of ether oxygens (including phenoxy) is 1. The van der Waals surface area contributed by atoms with Gasteiger partial charge < -0.3 is 4.74 Å². The van der Waals surface area contributed by atoms with Crippen molar-refractivity contribution in [1.29, 1.82) is 0 Å². The number of nitrogens with zero attached hydrogens (tertiary/aromatic N) is 2. The standard InChI is InChI=1S/C20H20N2O2/c1-20(2,16-9-5-3-6-10-16)19(23)24-15-17-13-14-22(21-17)18-11-7-4-8-12-18/h3-14H,15H2,1-2H3. The average Bonchev–Trinajstić information content (AvgIpc) is 3.10. The van der Waals surface area contributed by atoms with Gasteiger partial charge in [0.15, 0.2) is 0 Å². The summed E-state index contributed by atoms with van der Waals surface area (Å²) in [5, 5.41) is 4.45. The SMILES string of the molecule is CC(C)(C(=O)OCc1ccn(-c2ccccc2)n1)c1ccccc1. The molecule has 0 saturated carbocycles. The molecule has 24 heavy (non-hydrogen) atoms. The Morgan fingerprint density at radius 2 is 1.62 bits per heavy atom. The number of esters is 1. The highest BCUT2D eigenvalue weighted by atomic mass is 16.5. The van der Waals surface area contributed by atoms with E-state index in [2.05, 4.69) is 5.10 Å². The Kier molecular flexibility index (Phi) is 4.47. The summed E-state index contributed by atoms with van der Waals surface area (Å²) in [5.74, 6) is -0.261. The summed E-state index contributed by atoms with van der Waals surface area (Å²) in [7, 11) is 0. The van der Waals surface area contributed by atoms with Gasteiger partial charge in [0.25, 0.3) is 0 Å². The highest BCUT2D eigenvalue weighted by molar-refractivity contribution is 5.82. The summed E-state index contributed by atoms with van der Waals surface area (Å²) in [6.07, 6.45) is 1.86. The van der Waals surface area contributed by atoms with E-state index in [-0.39, 0.29) is 12.6 Å². The van der Waals surface area contributed by atoms with Crippen molar-refractivity contribution in [2.45, 2.75) is 25.9 Å². The molecule has 0 unspecified atom stereocenters. The van der Waals surface area contributed by atoms with Gasteiger partial charge in [-0.1, -0.05) is 48.5 Å². The van der Waals surface area contributed by atoms with E-state index in [9.17, 15) is 4.79 Å². The Morgan fingerprint density at radius 1 is 1.00 bits per heavy atom. The molecular formula is C20H20N2O2. The fourth-order valence-corrected chi connectivity index (χ4v) is 2.46. The Hall–Kier alpha value is -2.88. The van der Waals surface area contributed by atoms with Crippen LogP contribution in [0.1, 0.15) is 25.1 Å². The predicted molar refractivity (Wildman–Crippen MR) is 92.8 cm³/mol. The Morgan fingerprint density at radius 3 is 2.29 bits per heavy atom. The molecule has 0 aliphatic heterocycles. The van der Waals surface area contributed by atoms with E-state index < -0.39 is 5.41 Å². The highest BCUT2D eigenvalue weighted by Crippen LogP contribution is 2.24. The molecule has 0 amide bonds. The zero-order valence-electron chi connectivity index (χ0n) is 13.8. The largest absolute Gasteiger partial charge is 0.458 e. The lowest BCUT2D eigenvalue weighted by Gasteiger charge is -2.22. The van der Waals surface area contributed by atoms with Crippen LogP contribution in [0, 0.1) is 0 Å². The molecule has 0 N–H and O–H groups in total. The zero-order chi connectivity index (χ0) is 17.0. The molecule has 0 aliphatic rings. The van der Waals surface area contributed by atoms with E-state index in [1.54, 1.807) is 4.68 Å². The smallest absolute Gasteiger partial charge is 0.316 e. The minimum absolute atomic E-state index is 0.162. The van der Waals surface area contributed by atoms with Crippen LogP contribution in [-0.4, -0.2) is 15.7 Å². The van der Waals surface area contributed by atoms with Crippen molar-refractivity contribution < 1.29 is 9.53 Å². The van der Waals surface area contributed by atoms with Crippen molar-refractivity contribution in [2.75, 3.05) is 0 Å². The van der Waals surface area contributed by atoms with Crippen LogP contribution < -0.4 is 0 Å². The fourth-order valence-electron chi connectivity index (χ4n) is 2.46. The average molecular weight is 320 g/mol. The number of benzene rings is 2. The van der Waals surface area contributed by atoms with E-state index >= 15 is 0 Å². The minimum Gasteiger partial charge on any atom is -0.458 e. The third-order valence-corrected chi connectivity index (χ3v) is 4.02. The van der Waals surface area contributed by atoms with Crippen LogP contribution in [0.2, 0.25) is 0 Å². The molecular weight excluding hydrogens is 300 g/mol. The molecule has 122 valence electrons. The van der Waals surface area contributed by atoms with E-state index in [1.807, 2.05) is 86.8 Å². The van der Waals surface area contributed by atoms with Crippen LogP contribution in [-0.2, 0) is 21.6 Å². The molecule has 1 aromatic heterocycles. The lowest BCUT2D eigenvalue weighted by atomic mass is 9.85. The first kappa shape index (κ1) is 16.0. The maximum absolute atomic E-state index is 12.5. The Balaban J connectivity index is 1.66.